The number of hydrogen-bond acceptors (Lipinski definition) is 2. The molecular weight excluding hydrogens is 235 g/mol. The number of rotatable bonds is 4. The molecule has 0 spiro atoms. The number of aromatic amines is 1. The summed E-state index contributed by atoms with van der Waals surface area (Å²) in [7, 11) is 0. The van der Waals surface area contributed by atoms with Crippen molar-refractivity contribution in [2.45, 2.75) is 13.3 Å². The number of amides is 1. The van der Waals surface area contributed by atoms with Crippen molar-refractivity contribution in [3.63, 3.8) is 0 Å². The molecule has 0 radical (unpaired) electrons. The molecule has 2 rings (SSSR count). The second-order valence-corrected chi connectivity index (χ2v) is 4.17. The highest BCUT2D eigenvalue weighted by Gasteiger charge is 2.12. The molecule has 0 aliphatic heterocycles. The fourth-order valence-electron chi connectivity index (χ4n) is 2.00. The number of nitrogens with one attached hydrogen (secondary N) is 2. The summed E-state index contributed by atoms with van der Waals surface area (Å²) in [6, 6.07) is 4.47. The summed E-state index contributed by atoms with van der Waals surface area (Å²) < 4.78 is 13.2. The number of aliphatic hydroxyl groups excluding tert-OH is 1. The van der Waals surface area contributed by atoms with Crippen molar-refractivity contribution in [1.82, 2.24) is 10.3 Å². The van der Waals surface area contributed by atoms with Gasteiger partial charge >= 0.3 is 0 Å². The first-order valence-electron chi connectivity index (χ1n) is 5.76. The van der Waals surface area contributed by atoms with Crippen LogP contribution in [0.3, 0.4) is 0 Å². The third kappa shape index (κ3) is 2.51. The molecule has 0 aliphatic rings. The van der Waals surface area contributed by atoms with E-state index in [1.165, 1.54) is 12.1 Å². The van der Waals surface area contributed by atoms with Crippen molar-refractivity contribution in [1.29, 1.82) is 0 Å². The predicted molar refractivity (Wildman–Crippen MR) is 66.8 cm³/mol. The number of aromatic nitrogens is 1. The van der Waals surface area contributed by atoms with Crippen LogP contribution in [0.2, 0.25) is 0 Å². The van der Waals surface area contributed by atoms with E-state index < -0.39 is 0 Å². The van der Waals surface area contributed by atoms with Gasteiger partial charge in [0.05, 0.1) is 13.0 Å². The van der Waals surface area contributed by atoms with Gasteiger partial charge in [-0.1, -0.05) is 0 Å². The number of aryl methyl sites for hydroxylation is 1. The molecule has 5 heteroatoms. The summed E-state index contributed by atoms with van der Waals surface area (Å²) >= 11 is 0. The lowest BCUT2D eigenvalue weighted by atomic mass is 10.1. The topological polar surface area (TPSA) is 65.1 Å². The summed E-state index contributed by atoms with van der Waals surface area (Å²) in [5.41, 5.74) is 2.47. The minimum Gasteiger partial charge on any atom is -0.395 e. The second-order valence-electron chi connectivity index (χ2n) is 4.17. The highest BCUT2D eigenvalue weighted by atomic mass is 19.1. The van der Waals surface area contributed by atoms with Crippen LogP contribution in [0.25, 0.3) is 10.9 Å². The predicted octanol–water partition coefficient (Wildman–Crippen LogP) is 1.27. The number of halogens is 1. The van der Waals surface area contributed by atoms with Gasteiger partial charge in [0.2, 0.25) is 5.91 Å². The van der Waals surface area contributed by atoms with Gasteiger partial charge in [-0.25, -0.2) is 4.39 Å². The van der Waals surface area contributed by atoms with Gasteiger partial charge in [0.1, 0.15) is 5.82 Å². The molecule has 1 aromatic carbocycles. The Morgan fingerprint density at radius 2 is 2.28 bits per heavy atom. The van der Waals surface area contributed by atoms with E-state index in [1.807, 2.05) is 6.92 Å². The summed E-state index contributed by atoms with van der Waals surface area (Å²) in [6.45, 7) is 1.99. The second kappa shape index (κ2) is 5.18. The van der Waals surface area contributed by atoms with Crippen LogP contribution in [0.15, 0.2) is 18.2 Å². The largest absolute Gasteiger partial charge is 0.395 e. The Morgan fingerprint density at radius 1 is 1.50 bits per heavy atom. The van der Waals surface area contributed by atoms with Crippen molar-refractivity contribution in [2.24, 2.45) is 0 Å². The first-order valence-corrected chi connectivity index (χ1v) is 5.76. The highest BCUT2D eigenvalue weighted by Crippen LogP contribution is 2.23. The van der Waals surface area contributed by atoms with Crippen molar-refractivity contribution in [2.75, 3.05) is 13.2 Å². The first kappa shape index (κ1) is 12.6. The number of fused-ring (bicyclic) bond motifs is 1. The molecule has 0 fully saturated rings. The lowest BCUT2D eigenvalue weighted by molar-refractivity contribution is -0.120. The van der Waals surface area contributed by atoms with Crippen LogP contribution in [0.4, 0.5) is 4.39 Å². The van der Waals surface area contributed by atoms with Gasteiger partial charge < -0.3 is 15.4 Å². The zero-order valence-corrected chi connectivity index (χ0v) is 10.1. The van der Waals surface area contributed by atoms with Gasteiger partial charge in [-0.15, -0.1) is 0 Å². The molecule has 0 saturated heterocycles. The van der Waals surface area contributed by atoms with Crippen molar-refractivity contribution >= 4 is 16.8 Å². The Labute approximate surface area is 104 Å². The average molecular weight is 250 g/mol. The van der Waals surface area contributed by atoms with Crippen LogP contribution in [0, 0.1) is 12.7 Å². The molecule has 96 valence electrons. The Hall–Kier alpha value is -1.88. The molecule has 4 nitrogen and oxygen atoms in total. The summed E-state index contributed by atoms with van der Waals surface area (Å²) in [5.74, 6) is -0.504. The Balaban J connectivity index is 2.29. The molecule has 2 aromatic rings. The van der Waals surface area contributed by atoms with Gasteiger partial charge in [0.25, 0.3) is 0 Å². The normalized spacial score (nSPS) is 10.8. The maximum Gasteiger partial charge on any atom is 0.224 e. The Morgan fingerprint density at radius 3 is 3.00 bits per heavy atom. The molecule has 0 unspecified atom stereocenters. The van der Waals surface area contributed by atoms with Crippen LogP contribution < -0.4 is 5.32 Å². The standard InChI is InChI=1S/C13H15FN2O2/c1-8-10(7-13(18)15-4-5-17)11-6-9(14)2-3-12(11)16-8/h2-3,6,16-17H,4-5,7H2,1H3,(H,15,18). The summed E-state index contributed by atoms with van der Waals surface area (Å²) in [4.78, 5) is 14.7. The number of carbonyl (C=O) groups is 1. The zero-order chi connectivity index (χ0) is 13.1. The third-order valence-electron chi connectivity index (χ3n) is 2.85. The van der Waals surface area contributed by atoms with Crippen molar-refractivity contribution < 1.29 is 14.3 Å². The van der Waals surface area contributed by atoms with Gasteiger partial charge in [-0.05, 0) is 30.7 Å². The van der Waals surface area contributed by atoms with Gasteiger partial charge in [0.15, 0.2) is 0 Å². The van der Waals surface area contributed by atoms with Crippen molar-refractivity contribution in [3.05, 3.63) is 35.3 Å². The fourth-order valence-corrected chi connectivity index (χ4v) is 2.00. The SMILES string of the molecule is Cc1[nH]c2ccc(F)cc2c1CC(=O)NCCO. The van der Waals surface area contributed by atoms with Crippen LogP contribution >= 0.6 is 0 Å². The summed E-state index contributed by atoms with van der Waals surface area (Å²) in [6.07, 6.45) is 0.176. The van der Waals surface area contributed by atoms with E-state index in [9.17, 15) is 9.18 Å². The number of aliphatic hydroxyl groups is 1. The lowest BCUT2D eigenvalue weighted by Crippen LogP contribution is -2.27. The maximum atomic E-state index is 13.2. The van der Waals surface area contributed by atoms with Crippen LogP contribution in [-0.2, 0) is 11.2 Å². The minimum atomic E-state index is -0.321. The summed E-state index contributed by atoms with van der Waals surface area (Å²) in [5, 5.41) is 11.9. The zero-order valence-electron chi connectivity index (χ0n) is 10.1. The van der Waals surface area contributed by atoms with Gasteiger partial charge in [-0.3, -0.25) is 4.79 Å². The monoisotopic (exact) mass is 250 g/mol. The number of hydrogen-bond donors (Lipinski definition) is 3. The smallest absolute Gasteiger partial charge is 0.224 e. The molecular formula is C13H15FN2O2. The Kier molecular flexibility index (Phi) is 3.62. The molecule has 1 heterocycles. The molecule has 1 aromatic heterocycles. The number of H-pyrrole nitrogens is 1. The molecule has 0 bridgehead atoms. The highest BCUT2D eigenvalue weighted by molar-refractivity contribution is 5.90. The van der Waals surface area contributed by atoms with Crippen LogP contribution in [-0.4, -0.2) is 29.1 Å². The van der Waals surface area contributed by atoms with E-state index in [2.05, 4.69) is 10.3 Å². The Bertz CT molecular complexity index is 578. The molecule has 1 amide bonds. The van der Waals surface area contributed by atoms with Crippen LogP contribution in [0.5, 0.6) is 0 Å². The molecule has 3 N–H and O–H groups in total. The molecule has 0 atom stereocenters. The number of benzene rings is 1. The molecule has 0 saturated carbocycles. The quantitative estimate of drug-likeness (QED) is 0.765. The lowest BCUT2D eigenvalue weighted by Gasteiger charge is -2.03. The maximum absolute atomic E-state index is 13.2. The van der Waals surface area contributed by atoms with E-state index >= 15 is 0 Å². The van der Waals surface area contributed by atoms with E-state index in [0.717, 1.165) is 22.2 Å². The average Bonchev–Trinajstić information content (AvgIpc) is 2.63. The fraction of sp³-hybridized carbons (Fsp3) is 0.308. The van der Waals surface area contributed by atoms with Gasteiger partial charge in [-0.2, -0.15) is 0 Å². The first-order chi connectivity index (χ1) is 8.61. The van der Waals surface area contributed by atoms with Crippen molar-refractivity contribution in [3.8, 4) is 0 Å². The third-order valence-corrected chi connectivity index (χ3v) is 2.85. The molecule has 18 heavy (non-hydrogen) atoms. The van der Waals surface area contributed by atoms with E-state index in [1.54, 1.807) is 6.07 Å². The minimum absolute atomic E-state index is 0.0900. The van der Waals surface area contributed by atoms with E-state index in [4.69, 9.17) is 5.11 Å². The van der Waals surface area contributed by atoms with Gasteiger partial charge in [0, 0.05) is 23.1 Å². The number of carbonyl (C=O) groups excluding carboxylic acids is 1. The van der Waals surface area contributed by atoms with E-state index in [-0.39, 0.29) is 31.3 Å². The molecule has 0 aliphatic carbocycles. The van der Waals surface area contributed by atoms with Crippen LogP contribution in [0.1, 0.15) is 11.3 Å². The van der Waals surface area contributed by atoms with E-state index in [0.29, 0.717) is 0 Å².